The summed E-state index contributed by atoms with van der Waals surface area (Å²) in [5.41, 5.74) is 0.680. The molecule has 1 aliphatic carbocycles. The van der Waals surface area contributed by atoms with Crippen LogP contribution in [0.5, 0.6) is 0 Å². The SMILES string of the molecule is CC(NCc1ccc(C(F)(F)F)cc1)C1(C)CC1. The second-order valence-corrected chi connectivity index (χ2v) is 5.45. The highest BCUT2D eigenvalue weighted by Gasteiger charge is 2.42. The van der Waals surface area contributed by atoms with Gasteiger partial charge in [-0.05, 0) is 42.9 Å². The van der Waals surface area contributed by atoms with Crippen LogP contribution in [-0.4, -0.2) is 6.04 Å². The topological polar surface area (TPSA) is 12.0 Å². The third-order valence-corrected chi connectivity index (χ3v) is 3.98. The van der Waals surface area contributed by atoms with Crippen molar-refractivity contribution in [3.63, 3.8) is 0 Å². The Hall–Kier alpha value is -1.03. The highest BCUT2D eigenvalue weighted by Crippen LogP contribution is 2.47. The highest BCUT2D eigenvalue weighted by atomic mass is 19.4. The summed E-state index contributed by atoms with van der Waals surface area (Å²) in [7, 11) is 0. The second-order valence-electron chi connectivity index (χ2n) is 5.45. The van der Waals surface area contributed by atoms with Gasteiger partial charge in [0.1, 0.15) is 0 Å². The van der Waals surface area contributed by atoms with Gasteiger partial charge in [-0.3, -0.25) is 0 Å². The molecule has 0 bridgehead atoms. The summed E-state index contributed by atoms with van der Waals surface area (Å²) >= 11 is 0. The third kappa shape index (κ3) is 3.05. The average Bonchev–Trinajstić information content (AvgIpc) is 3.05. The minimum absolute atomic E-state index is 0.381. The molecule has 0 heterocycles. The molecule has 18 heavy (non-hydrogen) atoms. The average molecular weight is 257 g/mol. The Morgan fingerprint density at radius 3 is 2.22 bits per heavy atom. The van der Waals surface area contributed by atoms with Crippen molar-refractivity contribution in [3.8, 4) is 0 Å². The van der Waals surface area contributed by atoms with Crippen molar-refractivity contribution in [1.29, 1.82) is 0 Å². The van der Waals surface area contributed by atoms with E-state index in [4.69, 9.17) is 0 Å². The Bertz CT molecular complexity index is 404. The molecule has 1 atom stereocenters. The lowest BCUT2D eigenvalue weighted by molar-refractivity contribution is -0.137. The van der Waals surface area contributed by atoms with Gasteiger partial charge in [-0.15, -0.1) is 0 Å². The first kappa shape index (κ1) is 13.4. The fraction of sp³-hybridized carbons (Fsp3) is 0.571. The smallest absolute Gasteiger partial charge is 0.310 e. The number of benzene rings is 1. The van der Waals surface area contributed by atoms with Crippen molar-refractivity contribution in [2.24, 2.45) is 5.41 Å². The Morgan fingerprint density at radius 1 is 1.22 bits per heavy atom. The van der Waals surface area contributed by atoms with Gasteiger partial charge in [-0.2, -0.15) is 13.2 Å². The molecule has 2 rings (SSSR count). The summed E-state index contributed by atoms with van der Waals surface area (Å²) in [6, 6.07) is 5.76. The van der Waals surface area contributed by atoms with Crippen LogP contribution in [0.1, 0.15) is 37.8 Å². The zero-order valence-electron chi connectivity index (χ0n) is 10.6. The molecule has 100 valence electrons. The van der Waals surface area contributed by atoms with E-state index in [9.17, 15) is 13.2 Å². The predicted octanol–water partition coefficient (Wildman–Crippen LogP) is 3.98. The minimum atomic E-state index is -4.25. The fourth-order valence-electron chi connectivity index (χ4n) is 1.96. The molecule has 1 unspecified atom stereocenters. The molecular weight excluding hydrogens is 239 g/mol. The number of nitrogens with one attached hydrogen (secondary N) is 1. The first-order chi connectivity index (χ1) is 8.31. The van der Waals surface area contributed by atoms with Gasteiger partial charge >= 0.3 is 6.18 Å². The lowest BCUT2D eigenvalue weighted by atomic mass is 10.0. The van der Waals surface area contributed by atoms with E-state index in [0.29, 0.717) is 18.0 Å². The minimum Gasteiger partial charge on any atom is -0.310 e. The zero-order chi connectivity index (χ0) is 13.4. The predicted molar refractivity (Wildman–Crippen MR) is 65.1 cm³/mol. The van der Waals surface area contributed by atoms with Gasteiger partial charge in [0.15, 0.2) is 0 Å². The van der Waals surface area contributed by atoms with Crippen LogP contribution in [-0.2, 0) is 12.7 Å². The second kappa shape index (κ2) is 4.57. The lowest BCUT2D eigenvalue weighted by Crippen LogP contribution is -2.32. The lowest BCUT2D eigenvalue weighted by Gasteiger charge is -2.20. The van der Waals surface area contributed by atoms with E-state index >= 15 is 0 Å². The molecule has 0 saturated heterocycles. The number of halogens is 3. The molecule has 1 aromatic carbocycles. The number of hydrogen-bond donors (Lipinski definition) is 1. The molecule has 0 aromatic heterocycles. The Kier molecular flexibility index (Phi) is 3.41. The van der Waals surface area contributed by atoms with Crippen molar-refractivity contribution < 1.29 is 13.2 Å². The number of hydrogen-bond acceptors (Lipinski definition) is 1. The molecule has 1 nitrogen and oxygen atoms in total. The quantitative estimate of drug-likeness (QED) is 0.860. The van der Waals surface area contributed by atoms with Gasteiger partial charge in [0.25, 0.3) is 0 Å². The van der Waals surface area contributed by atoms with Gasteiger partial charge < -0.3 is 5.32 Å². The molecule has 0 amide bonds. The van der Waals surface area contributed by atoms with Crippen molar-refractivity contribution >= 4 is 0 Å². The Balaban J connectivity index is 1.90. The largest absolute Gasteiger partial charge is 0.416 e. The summed E-state index contributed by atoms with van der Waals surface area (Å²) < 4.78 is 37.1. The normalized spacial score (nSPS) is 19.6. The maximum absolute atomic E-state index is 12.4. The van der Waals surface area contributed by atoms with Crippen LogP contribution in [0.3, 0.4) is 0 Å². The first-order valence-corrected chi connectivity index (χ1v) is 6.21. The molecule has 1 aliphatic rings. The van der Waals surface area contributed by atoms with Gasteiger partial charge in [0, 0.05) is 12.6 Å². The maximum atomic E-state index is 12.4. The standard InChI is InChI=1S/C14H18F3N/c1-10(13(2)7-8-13)18-9-11-3-5-12(6-4-11)14(15,16)17/h3-6,10,18H,7-9H2,1-2H3. The van der Waals surface area contributed by atoms with E-state index in [2.05, 4.69) is 19.2 Å². The highest BCUT2D eigenvalue weighted by molar-refractivity contribution is 5.24. The van der Waals surface area contributed by atoms with Crippen molar-refractivity contribution in [1.82, 2.24) is 5.32 Å². The van der Waals surface area contributed by atoms with E-state index in [1.807, 2.05) is 0 Å². The van der Waals surface area contributed by atoms with Crippen LogP contribution < -0.4 is 5.32 Å². The van der Waals surface area contributed by atoms with E-state index in [1.165, 1.54) is 25.0 Å². The van der Waals surface area contributed by atoms with E-state index in [1.54, 1.807) is 0 Å². The van der Waals surface area contributed by atoms with Crippen LogP contribution in [0.4, 0.5) is 13.2 Å². The van der Waals surface area contributed by atoms with Crippen LogP contribution in [0, 0.1) is 5.41 Å². The van der Waals surface area contributed by atoms with E-state index in [0.717, 1.165) is 17.7 Å². The molecule has 1 N–H and O–H groups in total. The van der Waals surface area contributed by atoms with Crippen LogP contribution >= 0.6 is 0 Å². The monoisotopic (exact) mass is 257 g/mol. The Labute approximate surface area is 105 Å². The van der Waals surface area contributed by atoms with E-state index < -0.39 is 11.7 Å². The third-order valence-electron chi connectivity index (χ3n) is 3.98. The fourth-order valence-corrected chi connectivity index (χ4v) is 1.96. The molecule has 0 spiro atoms. The first-order valence-electron chi connectivity index (χ1n) is 6.21. The summed E-state index contributed by atoms with van der Waals surface area (Å²) in [5, 5.41) is 3.38. The number of rotatable bonds is 4. The molecule has 0 aliphatic heterocycles. The maximum Gasteiger partial charge on any atom is 0.416 e. The van der Waals surface area contributed by atoms with Crippen LogP contribution in [0.15, 0.2) is 24.3 Å². The van der Waals surface area contributed by atoms with Crippen LogP contribution in [0.25, 0.3) is 0 Å². The Morgan fingerprint density at radius 2 is 1.78 bits per heavy atom. The van der Waals surface area contributed by atoms with Crippen molar-refractivity contribution in [3.05, 3.63) is 35.4 Å². The van der Waals surface area contributed by atoms with Gasteiger partial charge in [0.05, 0.1) is 5.56 Å². The number of alkyl halides is 3. The summed E-state index contributed by atoms with van der Waals surface area (Å²) in [5.74, 6) is 0. The van der Waals surface area contributed by atoms with Crippen molar-refractivity contribution in [2.45, 2.75) is 45.5 Å². The molecule has 0 radical (unpaired) electrons. The van der Waals surface area contributed by atoms with E-state index in [-0.39, 0.29) is 0 Å². The molecular formula is C14H18F3N. The molecule has 1 fully saturated rings. The summed E-state index contributed by atoms with van der Waals surface area (Å²) in [6.45, 7) is 4.99. The van der Waals surface area contributed by atoms with Gasteiger partial charge in [-0.1, -0.05) is 19.1 Å². The van der Waals surface area contributed by atoms with Crippen molar-refractivity contribution in [2.75, 3.05) is 0 Å². The molecule has 4 heteroatoms. The zero-order valence-corrected chi connectivity index (χ0v) is 10.6. The van der Waals surface area contributed by atoms with Crippen LogP contribution in [0.2, 0.25) is 0 Å². The summed E-state index contributed by atoms with van der Waals surface area (Å²) in [4.78, 5) is 0. The summed E-state index contributed by atoms with van der Waals surface area (Å²) in [6.07, 6.45) is -1.79. The molecule has 1 saturated carbocycles. The van der Waals surface area contributed by atoms with Gasteiger partial charge in [-0.25, -0.2) is 0 Å². The van der Waals surface area contributed by atoms with Gasteiger partial charge in [0.2, 0.25) is 0 Å². The molecule has 1 aromatic rings.